The summed E-state index contributed by atoms with van der Waals surface area (Å²) in [5, 5.41) is 7.53. The Morgan fingerprint density at radius 2 is 1.81 bits per heavy atom. The van der Waals surface area contributed by atoms with Crippen molar-refractivity contribution in [2.75, 3.05) is 13.2 Å². The number of benzene rings is 2. The fraction of sp³-hybridized carbons (Fsp3) is 0.250. The summed E-state index contributed by atoms with van der Waals surface area (Å²) < 4.78 is 5.80. The Bertz CT molecular complexity index is 1000. The molecule has 0 bridgehead atoms. The molecule has 0 spiro atoms. The molecule has 1 N–H and O–H groups in total. The molecule has 1 aromatic heterocycles. The van der Waals surface area contributed by atoms with Crippen LogP contribution in [0.3, 0.4) is 0 Å². The van der Waals surface area contributed by atoms with Crippen molar-refractivity contribution < 1.29 is 9.53 Å². The zero-order valence-corrected chi connectivity index (χ0v) is 14.4. The van der Waals surface area contributed by atoms with Crippen LogP contribution in [-0.4, -0.2) is 40.3 Å². The number of fused-ring (bicyclic) bond motifs is 1. The van der Waals surface area contributed by atoms with Gasteiger partial charge in [0.1, 0.15) is 0 Å². The van der Waals surface area contributed by atoms with Crippen LogP contribution in [-0.2, 0) is 4.74 Å². The molecule has 2 atom stereocenters. The highest BCUT2D eigenvalue weighted by Gasteiger charge is 2.33. The fourth-order valence-corrected chi connectivity index (χ4v) is 3.39. The predicted molar refractivity (Wildman–Crippen MR) is 98.0 cm³/mol. The summed E-state index contributed by atoms with van der Waals surface area (Å²) >= 11 is 0. The molecule has 1 amide bonds. The number of aromatic amines is 1. The molecule has 1 aliphatic rings. The van der Waals surface area contributed by atoms with Gasteiger partial charge in [-0.2, -0.15) is 5.10 Å². The van der Waals surface area contributed by atoms with E-state index in [1.807, 2.05) is 37.3 Å². The second kappa shape index (κ2) is 6.72. The molecule has 2 aromatic carbocycles. The number of carbonyl (C=O) groups excluding carboxylic acids is 1. The summed E-state index contributed by atoms with van der Waals surface area (Å²) in [6.45, 7) is 2.84. The molecule has 6 nitrogen and oxygen atoms in total. The summed E-state index contributed by atoms with van der Waals surface area (Å²) in [4.78, 5) is 27.1. The van der Waals surface area contributed by atoms with E-state index in [1.54, 1.807) is 29.2 Å². The van der Waals surface area contributed by atoms with Gasteiger partial charge in [0.25, 0.3) is 11.5 Å². The Balaban J connectivity index is 1.78. The smallest absolute Gasteiger partial charge is 0.275 e. The number of morpholine rings is 1. The number of nitrogens with one attached hydrogen (secondary N) is 1. The Hall–Kier alpha value is -2.99. The number of aromatic nitrogens is 2. The first-order valence-electron chi connectivity index (χ1n) is 8.60. The van der Waals surface area contributed by atoms with Crippen molar-refractivity contribution in [3.8, 4) is 0 Å². The number of hydrogen-bond donors (Lipinski definition) is 1. The highest BCUT2D eigenvalue weighted by Crippen LogP contribution is 2.28. The first kappa shape index (κ1) is 16.5. The molecule has 3 aromatic rings. The fourth-order valence-electron chi connectivity index (χ4n) is 3.39. The average molecular weight is 349 g/mol. The Morgan fingerprint density at radius 3 is 2.58 bits per heavy atom. The maximum atomic E-state index is 13.3. The molecule has 132 valence electrons. The van der Waals surface area contributed by atoms with Crippen LogP contribution in [0, 0.1) is 0 Å². The summed E-state index contributed by atoms with van der Waals surface area (Å²) in [6, 6.07) is 16.7. The number of nitrogens with zero attached hydrogens (tertiary/aromatic N) is 2. The van der Waals surface area contributed by atoms with Gasteiger partial charge in [-0.05, 0) is 18.6 Å². The van der Waals surface area contributed by atoms with Crippen molar-refractivity contribution in [2.24, 2.45) is 0 Å². The second-order valence-electron chi connectivity index (χ2n) is 6.47. The molecule has 4 rings (SSSR count). The van der Waals surface area contributed by atoms with E-state index in [1.165, 1.54) is 0 Å². The van der Waals surface area contributed by atoms with E-state index in [0.29, 0.717) is 23.9 Å². The van der Waals surface area contributed by atoms with Gasteiger partial charge in [-0.15, -0.1) is 0 Å². The van der Waals surface area contributed by atoms with Crippen LogP contribution in [0.1, 0.15) is 29.0 Å². The number of rotatable bonds is 2. The lowest BCUT2D eigenvalue weighted by Gasteiger charge is -2.38. The zero-order chi connectivity index (χ0) is 18.1. The topological polar surface area (TPSA) is 75.3 Å². The largest absolute Gasteiger partial charge is 0.374 e. The minimum absolute atomic E-state index is 0.0621. The predicted octanol–water partition coefficient (Wildman–Crippen LogP) is 2.53. The maximum Gasteiger partial charge on any atom is 0.275 e. The third-order valence-corrected chi connectivity index (χ3v) is 4.71. The van der Waals surface area contributed by atoms with Crippen molar-refractivity contribution in [3.05, 3.63) is 76.2 Å². The summed E-state index contributed by atoms with van der Waals surface area (Å²) in [7, 11) is 0. The molecular weight excluding hydrogens is 330 g/mol. The van der Waals surface area contributed by atoms with Gasteiger partial charge >= 0.3 is 0 Å². The minimum Gasteiger partial charge on any atom is -0.374 e. The van der Waals surface area contributed by atoms with Crippen molar-refractivity contribution >= 4 is 16.7 Å². The Morgan fingerprint density at radius 1 is 1.12 bits per heavy atom. The van der Waals surface area contributed by atoms with E-state index < -0.39 is 0 Å². The molecule has 6 heteroatoms. The second-order valence-corrected chi connectivity index (χ2v) is 6.47. The van der Waals surface area contributed by atoms with E-state index in [2.05, 4.69) is 10.2 Å². The highest BCUT2D eigenvalue weighted by atomic mass is 16.5. The molecule has 2 heterocycles. The number of amides is 1. The SMILES string of the molecule is C[C@@H]1CN(C(=O)c2n[nH]c(=O)c3ccccc23)[C@H](c2ccccc2)CO1. The Kier molecular flexibility index (Phi) is 4.26. The monoisotopic (exact) mass is 349 g/mol. The first-order valence-corrected chi connectivity index (χ1v) is 8.60. The lowest BCUT2D eigenvalue weighted by atomic mass is 10.0. The molecule has 26 heavy (non-hydrogen) atoms. The normalized spacial score (nSPS) is 20.3. The Labute approximate surface area is 150 Å². The lowest BCUT2D eigenvalue weighted by molar-refractivity contribution is -0.0449. The van der Waals surface area contributed by atoms with Gasteiger partial charge < -0.3 is 9.64 Å². The molecule has 1 saturated heterocycles. The quantitative estimate of drug-likeness (QED) is 0.771. The molecule has 0 unspecified atom stereocenters. The van der Waals surface area contributed by atoms with Crippen LogP contribution in [0.4, 0.5) is 0 Å². The van der Waals surface area contributed by atoms with Gasteiger partial charge in [0.2, 0.25) is 0 Å². The van der Waals surface area contributed by atoms with Crippen LogP contribution in [0.5, 0.6) is 0 Å². The number of carbonyl (C=O) groups is 1. The van der Waals surface area contributed by atoms with Crippen LogP contribution < -0.4 is 5.56 Å². The molecule has 1 fully saturated rings. The van der Waals surface area contributed by atoms with Crippen molar-refractivity contribution in [1.29, 1.82) is 0 Å². The van der Waals surface area contributed by atoms with Crippen LogP contribution >= 0.6 is 0 Å². The number of hydrogen-bond acceptors (Lipinski definition) is 4. The molecule has 0 saturated carbocycles. The molecule has 1 aliphatic heterocycles. The molecule has 0 radical (unpaired) electrons. The van der Waals surface area contributed by atoms with Gasteiger partial charge in [-0.3, -0.25) is 9.59 Å². The minimum atomic E-state index is -0.299. The number of H-pyrrole nitrogens is 1. The van der Waals surface area contributed by atoms with E-state index in [9.17, 15) is 9.59 Å². The van der Waals surface area contributed by atoms with E-state index >= 15 is 0 Å². The zero-order valence-electron chi connectivity index (χ0n) is 14.4. The van der Waals surface area contributed by atoms with Crippen LogP contribution in [0.2, 0.25) is 0 Å². The van der Waals surface area contributed by atoms with Gasteiger partial charge in [0, 0.05) is 11.9 Å². The van der Waals surface area contributed by atoms with Gasteiger partial charge in [-0.25, -0.2) is 5.10 Å². The van der Waals surface area contributed by atoms with Crippen molar-refractivity contribution in [3.63, 3.8) is 0 Å². The standard InChI is InChI=1S/C20H19N3O3/c1-13-11-23(17(12-26-13)14-7-3-2-4-8-14)20(25)18-15-9-5-6-10-16(15)19(24)22-21-18/h2-10,13,17H,11-12H2,1H3,(H,22,24)/t13-,17+/m1/s1. The summed E-state index contributed by atoms with van der Waals surface area (Å²) in [5.41, 5.74) is 0.976. The lowest BCUT2D eigenvalue weighted by Crippen LogP contribution is -2.47. The molecular formula is C20H19N3O3. The van der Waals surface area contributed by atoms with Crippen molar-refractivity contribution in [2.45, 2.75) is 19.1 Å². The van der Waals surface area contributed by atoms with Crippen molar-refractivity contribution in [1.82, 2.24) is 15.1 Å². The summed E-state index contributed by atoms with van der Waals surface area (Å²) in [5.74, 6) is -0.207. The molecule has 0 aliphatic carbocycles. The van der Waals surface area contributed by atoms with Crippen LogP contribution in [0.25, 0.3) is 10.8 Å². The number of ether oxygens (including phenoxy) is 1. The first-order chi connectivity index (χ1) is 12.6. The third kappa shape index (κ3) is 2.88. The summed E-state index contributed by atoms with van der Waals surface area (Å²) in [6.07, 6.45) is -0.0621. The van der Waals surface area contributed by atoms with Gasteiger partial charge in [-0.1, -0.05) is 48.5 Å². The third-order valence-electron chi connectivity index (χ3n) is 4.71. The van der Waals surface area contributed by atoms with E-state index in [0.717, 1.165) is 5.56 Å². The van der Waals surface area contributed by atoms with E-state index in [-0.39, 0.29) is 29.3 Å². The van der Waals surface area contributed by atoms with Crippen LogP contribution in [0.15, 0.2) is 59.4 Å². The maximum absolute atomic E-state index is 13.3. The van der Waals surface area contributed by atoms with E-state index in [4.69, 9.17) is 4.74 Å². The van der Waals surface area contributed by atoms with Gasteiger partial charge in [0.05, 0.1) is 24.1 Å². The van der Waals surface area contributed by atoms with Gasteiger partial charge in [0.15, 0.2) is 5.69 Å². The average Bonchev–Trinajstić information content (AvgIpc) is 2.69. The highest BCUT2D eigenvalue weighted by molar-refractivity contribution is 6.04.